The van der Waals surface area contributed by atoms with Crippen molar-refractivity contribution in [2.75, 3.05) is 7.05 Å². The summed E-state index contributed by atoms with van der Waals surface area (Å²) in [5.74, 6) is -0.528. The average Bonchev–Trinajstić information content (AvgIpc) is 2.34. The van der Waals surface area contributed by atoms with Crippen molar-refractivity contribution in [1.29, 1.82) is 0 Å². The van der Waals surface area contributed by atoms with Crippen LogP contribution in [0, 0.1) is 25.5 Å². The summed E-state index contributed by atoms with van der Waals surface area (Å²) in [7, 11) is 1.84. The highest BCUT2D eigenvalue weighted by atomic mass is 79.9. The van der Waals surface area contributed by atoms with Crippen LogP contribution in [0.1, 0.15) is 28.3 Å². The fraction of sp³-hybridized carbons (Fsp3) is 0.250. The summed E-state index contributed by atoms with van der Waals surface area (Å²) in [6.45, 7) is 3.76. The molecule has 0 aromatic heterocycles. The van der Waals surface area contributed by atoms with E-state index >= 15 is 0 Å². The first-order valence-corrected chi connectivity index (χ1v) is 7.12. The second kappa shape index (κ2) is 6.02. The molecule has 20 heavy (non-hydrogen) atoms. The molecule has 0 aliphatic carbocycles. The number of hydrogen-bond acceptors (Lipinski definition) is 1. The highest BCUT2D eigenvalue weighted by molar-refractivity contribution is 9.10. The maximum atomic E-state index is 13.4. The Morgan fingerprint density at radius 3 is 2.10 bits per heavy atom. The fourth-order valence-electron chi connectivity index (χ4n) is 2.57. The Labute approximate surface area is 126 Å². The molecule has 0 heterocycles. The van der Waals surface area contributed by atoms with Crippen LogP contribution < -0.4 is 5.32 Å². The molecule has 106 valence electrons. The lowest BCUT2D eigenvalue weighted by atomic mass is 9.91. The molecular formula is C16H16BrF2N. The molecule has 0 bridgehead atoms. The molecule has 0 aliphatic heterocycles. The molecule has 0 radical (unpaired) electrons. The van der Waals surface area contributed by atoms with E-state index in [0.717, 1.165) is 22.3 Å². The van der Waals surface area contributed by atoms with Crippen molar-refractivity contribution in [2.45, 2.75) is 19.9 Å². The van der Waals surface area contributed by atoms with Gasteiger partial charge in [-0.05, 0) is 67.4 Å². The van der Waals surface area contributed by atoms with E-state index in [1.807, 2.05) is 20.9 Å². The van der Waals surface area contributed by atoms with Gasteiger partial charge in [0.05, 0.1) is 6.04 Å². The van der Waals surface area contributed by atoms with Gasteiger partial charge in [0.25, 0.3) is 0 Å². The molecule has 1 atom stereocenters. The molecule has 2 aromatic rings. The van der Waals surface area contributed by atoms with Crippen molar-refractivity contribution in [3.63, 3.8) is 0 Å². The second-order valence-corrected chi connectivity index (χ2v) is 5.70. The maximum Gasteiger partial charge on any atom is 0.124 e. The minimum atomic E-state index is -0.289. The van der Waals surface area contributed by atoms with Gasteiger partial charge < -0.3 is 5.32 Å². The smallest absolute Gasteiger partial charge is 0.124 e. The first-order chi connectivity index (χ1) is 9.43. The molecule has 0 saturated carbocycles. The zero-order chi connectivity index (χ0) is 14.9. The Morgan fingerprint density at radius 1 is 1.00 bits per heavy atom. The monoisotopic (exact) mass is 339 g/mol. The zero-order valence-corrected chi connectivity index (χ0v) is 13.2. The van der Waals surface area contributed by atoms with Gasteiger partial charge >= 0.3 is 0 Å². The minimum Gasteiger partial charge on any atom is -0.309 e. The van der Waals surface area contributed by atoms with Crippen LogP contribution in [0.4, 0.5) is 8.78 Å². The third-order valence-corrected chi connectivity index (χ3v) is 4.10. The molecule has 0 fully saturated rings. The van der Waals surface area contributed by atoms with Gasteiger partial charge in [-0.25, -0.2) is 8.78 Å². The van der Waals surface area contributed by atoms with Crippen molar-refractivity contribution < 1.29 is 8.78 Å². The molecule has 1 N–H and O–H groups in total. The second-order valence-electron chi connectivity index (χ2n) is 4.84. The number of hydrogen-bond donors (Lipinski definition) is 1. The lowest BCUT2D eigenvalue weighted by molar-refractivity contribution is 0.614. The summed E-state index contributed by atoms with van der Waals surface area (Å²) >= 11 is 3.40. The van der Waals surface area contributed by atoms with Gasteiger partial charge in [-0.15, -0.1) is 0 Å². The van der Waals surface area contributed by atoms with Crippen LogP contribution in [0.25, 0.3) is 0 Å². The minimum absolute atomic E-state index is 0.120. The lowest BCUT2D eigenvalue weighted by Gasteiger charge is -2.23. The third kappa shape index (κ3) is 2.91. The lowest BCUT2D eigenvalue weighted by Crippen LogP contribution is -2.20. The van der Waals surface area contributed by atoms with Gasteiger partial charge in [0.1, 0.15) is 11.6 Å². The van der Waals surface area contributed by atoms with Crippen molar-refractivity contribution in [3.05, 3.63) is 68.7 Å². The maximum absolute atomic E-state index is 13.4. The van der Waals surface area contributed by atoms with E-state index in [4.69, 9.17) is 0 Å². The van der Waals surface area contributed by atoms with E-state index in [0.29, 0.717) is 4.47 Å². The topological polar surface area (TPSA) is 12.0 Å². The van der Waals surface area contributed by atoms with E-state index in [9.17, 15) is 8.78 Å². The normalized spacial score (nSPS) is 12.5. The first kappa shape index (κ1) is 15.1. The van der Waals surface area contributed by atoms with Crippen molar-refractivity contribution in [2.24, 2.45) is 0 Å². The summed E-state index contributed by atoms with van der Waals surface area (Å²) in [6.07, 6.45) is 0. The average molecular weight is 340 g/mol. The summed E-state index contributed by atoms with van der Waals surface area (Å²) in [5.41, 5.74) is 3.68. The van der Waals surface area contributed by atoms with Gasteiger partial charge in [0.2, 0.25) is 0 Å². The quantitative estimate of drug-likeness (QED) is 0.857. The SMILES string of the molecule is CNC(c1ccc(F)cc1Br)c1c(C)cc(F)cc1C. The van der Waals surface area contributed by atoms with Crippen molar-refractivity contribution in [1.82, 2.24) is 5.32 Å². The molecule has 0 aliphatic rings. The van der Waals surface area contributed by atoms with E-state index in [1.54, 1.807) is 6.07 Å². The summed E-state index contributed by atoms with van der Waals surface area (Å²) in [4.78, 5) is 0. The molecule has 1 nitrogen and oxygen atoms in total. The third-order valence-electron chi connectivity index (χ3n) is 3.41. The number of benzene rings is 2. The summed E-state index contributed by atoms with van der Waals surface area (Å²) < 4.78 is 27.4. The molecule has 0 saturated heterocycles. The van der Waals surface area contributed by atoms with E-state index < -0.39 is 0 Å². The highest BCUT2D eigenvalue weighted by Crippen LogP contribution is 2.32. The van der Waals surface area contributed by atoms with Crippen LogP contribution in [0.2, 0.25) is 0 Å². The highest BCUT2D eigenvalue weighted by Gasteiger charge is 2.19. The van der Waals surface area contributed by atoms with E-state index in [1.165, 1.54) is 24.3 Å². The molecule has 1 unspecified atom stereocenters. The molecule has 2 aromatic carbocycles. The van der Waals surface area contributed by atoms with E-state index in [-0.39, 0.29) is 17.7 Å². The predicted octanol–water partition coefficient (Wildman–Crippen LogP) is 4.65. The van der Waals surface area contributed by atoms with Crippen molar-refractivity contribution >= 4 is 15.9 Å². The van der Waals surface area contributed by atoms with Gasteiger partial charge in [-0.2, -0.15) is 0 Å². The Kier molecular flexibility index (Phi) is 4.55. The number of rotatable bonds is 3. The van der Waals surface area contributed by atoms with Crippen molar-refractivity contribution in [3.8, 4) is 0 Å². The number of halogens is 3. The van der Waals surface area contributed by atoms with Crippen LogP contribution in [-0.2, 0) is 0 Å². The number of aryl methyl sites for hydroxylation is 2. The predicted molar refractivity (Wildman–Crippen MR) is 80.9 cm³/mol. The zero-order valence-electron chi connectivity index (χ0n) is 11.6. The van der Waals surface area contributed by atoms with Crippen LogP contribution in [0.3, 0.4) is 0 Å². The van der Waals surface area contributed by atoms with Crippen LogP contribution >= 0.6 is 15.9 Å². The largest absolute Gasteiger partial charge is 0.309 e. The van der Waals surface area contributed by atoms with Crippen LogP contribution in [-0.4, -0.2) is 7.05 Å². The Morgan fingerprint density at radius 2 is 1.60 bits per heavy atom. The Hall–Kier alpha value is -1.26. The summed E-state index contributed by atoms with van der Waals surface area (Å²) in [6, 6.07) is 7.52. The standard InChI is InChI=1S/C16H16BrF2N/c1-9-6-12(19)7-10(2)15(9)16(20-3)13-5-4-11(18)8-14(13)17/h4-8,16,20H,1-3H3. The van der Waals surface area contributed by atoms with Gasteiger partial charge in [-0.3, -0.25) is 0 Å². The fourth-order valence-corrected chi connectivity index (χ4v) is 3.15. The van der Waals surface area contributed by atoms with Gasteiger partial charge in [-0.1, -0.05) is 22.0 Å². The first-order valence-electron chi connectivity index (χ1n) is 6.33. The van der Waals surface area contributed by atoms with Gasteiger partial charge in [0, 0.05) is 4.47 Å². The molecular weight excluding hydrogens is 324 g/mol. The molecule has 0 amide bonds. The Bertz CT molecular complexity index is 617. The molecule has 2 rings (SSSR count). The Balaban J connectivity index is 2.58. The van der Waals surface area contributed by atoms with E-state index in [2.05, 4.69) is 21.2 Å². The van der Waals surface area contributed by atoms with Crippen LogP contribution in [0.5, 0.6) is 0 Å². The number of nitrogens with one attached hydrogen (secondary N) is 1. The van der Waals surface area contributed by atoms with Crippen LogP contribution in [0.15, 0.2) is 34.8 Å². The summed E-state index contributed by atoms with van der Waals surface area (Å²) in [5, 5.41) is 3.22. The van der Waals surface area contributed by atoms with Gasteiger partial charge in [0.15, 0.2) is 0 Å². The molecule has 4 heteroatoms. The molecule has 0 spiro atoms.